The van der Waals surface area contributed by atoms with Gasteiger partial charge in [-0.1, -0.05) is 32.0 Å². The van der Waals surface area contributed by atoms with Crippen LogP contribution in [-0.2, 0) is 11.3 Å². The van der Waals surface area contributed by atoms with Gasteiger partial charge in [-0.3, -0.25) is 4.79 Å². The lowest BCUT2D eigenvalue weighted by Crippen LogP contribution is -2.34. The van der Waals surface area contributed by atoms with Gasteiger partial charge in [0.2, 0.25) is 0 Å². The zero-order chi connectivity index (χ0) is 25.2. The summed E-state index contributed by atoms with van der Waals surface area (Å²) in [5.74, 6) is 1.83. The highest BCUT2D eigenvalue weighted by molar-refractivity contribution is 6.02. The quantitative estimate of drug-likeness (QED) is 0.369. The Labute approximate surface area is 211 Å². The van der Waals surface area contributed by atoms with E-state index in [0.717, 1.165) is 69.3 Å². The number of ether oxygens (including phenoxy) is 1. The molecule has 2 aromatic carbocycles. The number of ketones is 1. The first-order chi connectivity index (χ1) is 17.3. The maximum Gasteiger partial charge on any atom is 0.162 e. The van der Waals surface area contributed by atoms with Crippen LogP contribution in [0.15, 0.2) is 65.9 Å². The van der Waals surface area contributed by atoms with Crippen molar-refractivity contribution in [2.75, 3.05) is 12.4 Å². The van der Waals surface area contributed by atoms with E-state index < -0.39 is 0 Å². The minimum atomic E-state index is -0.185. The molecular formula is C30H32N4O2. The largest absolute Gasteiger partial charge is 0.497 e. The summed E-state index contributed by atoms with van der Waals surface area (Å²) >= 11 is 0. The molecule has 36 heavy (non-hydrogen) atoms. The lowest BCUT2D eigenvalue weighted by atomic mass is 9.70. The summed E-state index contributed by atoms with van der Waals surface area (Å²) in [7, 11) is 1.69. The van der Waals surface area contributed by atoms with Crippen LogP contribution in [0.1, 0.15) is 56.5 Å². The number of nitrogens with one attached hydrogen (secondary N) is 1. The average Bonchev–Trinajstić information content (AvgIpc) is 3.39. The number of rotatable bonds is 4. The van der Waals surface area contributed by atoms with E-state index in [0.29, 0.717) is 6.42 Å². The molecule has 2 aliphatic rings. The van der Waals surface area contributed by atoms with Gasteiger partial charge in [0.25, 0.3) is 0 Å². The third-order valence-electron chi connectivity index (χ3n) is 7.63. The average molecular weight is 481 g/mol. The number of benzene rings is 2. The number of allylic oxidation sites excluding steroid dienone is 2. The Morgan fingerprint density at radius 2 is 1.89 bits per heavy atom. The molecule has 6 nitrogen and oxygen atoms in total. The molecule has 0 saturated heterocycles. The summed E-state index contributed by atoms with van der Waals surface area (Å²) in [5, 5.41) is 9.79. The van der Waals surface area contributed by atoms with Crippen LogP contribution in [0.25, 0.3) is 16.6 Å². The van der Waals surface area contributed by atoms with Gasteiger partial charge in [0.05, 0.1) is 24.4 Å². The highest BCUT2D eigenvalue weighted by Crippen LogP contribution is 2.51. The molecule has 6 heteroatoms. The number of fused-ring (bicyclic) bond motifs is 2. The van der Waals surface area contributed by atoms with Gasteiger partial charge >= 0.3 is 0 Å². The summed E-state index contributed by atoms with van der Waals surface area (Å²) in [6.45, 7) is 9.37. The number of hydrogen-bond acceptors (Lipinski definition) is 4. The number of carbonyl (C=O) groups is 1. The van der Waals surface area contributed by atoms with Crippen molar-refractivity contribution >= 4 is 22.5 Å². The number of aromatic nitrogens is 3. The maximum atomic E-state index is 13.8. The first kappa shape index (κ1) is 22.7. The van der Waals surface area contributed by atoms with Crippen molar-refractivity contribution < 1.29 is 9.53 Å². The second-order valence-corrected chi connectivity index (χ2v) is 10.7. The van der Waals surface area contributed by atoms with Crippen LogP contribution in [0, 0.1) is 12.3 Å². The fraction of sp³-hybridized carbons (Fsp3) is 0.333. The summed E-state index contributed by atoms with van der Waals surface area (Å²) < 4.78 is 9.84. The van der Waals surface area contributed by atoms with E-state index in [1.165, 1.54) is 0 Å². The van der Waals surface area contributed by atoms with Gasteiger partial charge in [-0.2, -0.15) is 5.10 Å². The van der Waals surface area contributed by atoms with Gasteiger partial charge in [0.1, 0.15) is 11.6 Å². The molecule has 6 rings (SSSR count). The second kappa shape index (κ2) is 8.12. The lowest BCUT2D eigenvalue weighted by molar-refractivity contribution is -0.118. The lowest BCUT2D eigenvalue weighted by Gasteiger charge is -2.38. The monoisotopic (exact) mass is 480 g/mol. The first-order valence-corrected chi connectivity index (χ1v) is 12.7. The number of anilines is 1. The van der Waals surface area contributed by atoms with E-state index in [2.05, 4.69) is 67.9 Å². The van der Waals surface area contributed by atoms with Crippen LogP contribution >= 0.6 is 0 Å². The van der Waals surface area contributed by atoms with Crippen molar-refractivity contribution in [2.45, 2.75) is 53.0 Å². The van der Waals surface area contributed by atoms with E-state index in [-0.39, 0.29) is 17.1 Å². The fourth-order valence-electron chi connectivity index (χ4n) is 6.11. The third kappa shape index (κ3) is 3.39. The number of para-hydroxylation sites is 1. The van der Waals surface area contributed by atoms with E-state index >= 15 is 0 Å². The molecule has 1 unspecified atom stereocenters. The minimum absolute atomic E-state index is 0.0948. The highest BCUT2D eigenvalue weighted by Gasteiger charge is 2.44. The van der Waals surface area contributed by atoms with Gasteiger partial charge in [-0.15, -0.1) is 0 Å². The van der Waals surface area contributed by atoms with Crippen LogP contribution in [-0.4, -0.2) is 27.2 Å². The molecule has 0 saturated carbocycles. The Balaban J connectivity index is 1.64. The molecule has 1 N–H and O–H groups in total. The fourth-order valence-corrected chi connectivity index (χ4v) is 6.11. The minimum Gasteiger partial charge on any atom is -0.497 e. The number of carbonyl (C=O) groups excluding carboxylic acids is 1. The summed E-state index contributed by atoms with van der Waals surface area (Å²) in [6.07, 6.45) is 1.37. The molecule has 1 aliphatic carbocycles. The van der Waals surface area contributed by atoms with Crippen molar-refractivity contribution in [3.63, 3.8) is 0 Å². The van der Waals surface area contributed by atoms with E-state index in [4.69, 9.17) is 9.84 Å². The van der Waals surface area contributed by atoms with Crippen LogP contribution in [0.4, 0.5) is 5.82 Å². The number of Topliss-reactive ketones (excluding diaryl/α,β-unsaturated/α-hetero) is 1. The molecule has 184 valence electrons. The molecule has 1 atom stereocenters. The maximum absolute atomic E-state index is 13.8. The molecule has 4 aromatic rings. The van der Waals surface area contributed by atoms with Crippen molar-refractivity contribution in [1.82, 2.24) is 14.3 Å². The van der Waals surface area contributed by atoms with Gasteiger partial charge in [0, 0.05) is 46.4 Å². The van der Waals surface area contributed by atoms with Gasteiger partial charge in [-0.05, 0) is 62.1 Å². The third-order valence-corrected chi connectivity index (χ3v) is 7.63. The smallest absolute Gasteiger partial charge is 0.162 e. The topological polar surface area (TPSA) is 61.1 Å². The zero-order valence-corrected chi connectivity index (χ0v) is 21.6. The van der Waals surface area contributed by atoms with E-state index in [9.17, 15) is 4.79 Å². The molecule has 1 aliphatic heterocycles. The second-order valence-electron chi connectivity index (χ2n) is 10.7. The molecule has 0 amide bonds. The van der Waals surface area contributed by atoms with E-state index in [1.807, 2.05) is 28.9 Å². The molecule has 0 spiro atoms. The first-order valence-electron chi connectivity index (χ1n) is 12.7. The Morgan fingerprint density at radius 3 is 2.61 bits per heavy atom. The van der Waals surface area contributed by atoms with Crippen LogP contribution in [0.2, 0.25) is 0 Å². The van der Waals surface area contributed by atoms with Crippen molar-refractivity contribution in [3.05, 3.63) is 82.8 Å². The Kier molecular flexibility index (Phi) is 5.11. The summed E-state index contributed by atoms with van der Waals surface area (Å²) in [4.78, 5) is 13.8. The molecule has 3 heterocycles. The summed E-state index contributed by atoms with van der Waals surface area (Å²) in [5.41, 5.74) is 7.10. The van der Waals surface area contributed by atoms with Crippen molar-refractivity contribution in [2.24, 2.45) is 5.41 Å². The van der Waals surface area contributed by atoms with Crippen molar-refractivity contribution in [3.8, 4) is 11.4 Å². The van der Waals surface area contributed by atoms with Crippen molar-refractivity contribution in [1.29, 1.82) is 0 Å². The number of hydrogen-bond donors (Lipinski definition) is 1. The molecule has 0 radical (unpaired) electrons. The summed E-state index contributed by atoms with van der Waals surface area (Å²) in [6, 6.07) is 18.6. The molecule has 0 bridgehead atoms. The standard InChI is InChI=1S/C30H32N4O2/c1-6-33-23-13-12-21(36-5)14-19(23)15-24(33)28-26-18(2)32-34(20-10-8-7-9-11-20)29(26)31-22-16-30(3,4)17-25(35)27(22)28/h7-15,28,31H,6,16-17H2,1-5H3. The van der Waals surface area contributed by atoms with Crippen LogP contribution in [0.5, 0.6) is 5.75 Å². The normalized spacial score (nSPS) is 18.7. The predicted octanol–water partition coefficient (Wildman–Crippen LogP) is 6.36. The van der Waals surface area contributed by atoms with Gasteiger partial charge in [-0.25, -0.2) is 4.68 Å². The molecular weight excluding hydrogens is 448 g/mol. The van der Waals surface area contributed by atoms with Gasteiger partial charge < -0.3 is 14.6 Å². The predicted molar refractivity (Wildman–Crippen MR) is 143 cm³/mol. The van der Waals surface area contributed by atoms with E-state index in [1.54, 1.807) is 7.11 Å². The van der Waals surface area contributed by atoms with Crippen LogP contribution < -0.4 is 10.1 Å². The Hall–Kier alpha value is -3.80. The van der Waals surface area contributed by atoms with Gasteiger partial charge in [0.15, 0.2) is 5.78 Å². The SMILES string of the molecule is CCn1c(C2C3=C(CC(C)(C)CC3=O)Nc3c2c(C)nn3-c2ccccc2)cc2cc(OC)ccc21. The zero-order valence-electron chi connectivity index (χ0n) is 21.6. The number of aryl methyl sites for hydroxylation is 2. The van der Waals surface area contributed by atoms with Crippen LogP contribution in [0.3, 0.4) is 0 Å². The Morgan fingerprint density at radius 1 is 1.11 bits per heavy atom. The highest BCUT2D eigenvalue weighted by atomic mass is 16.5. The number of methoxy groups -OCH3 is 1. The Bertz CT molecular complexity index is 1540. The molecule has 0 fully saturated rings. The molecule has 2 aromatic heterocycles. The number of nitrogens with zero attached hydrogens (tertiary/aromatic N) is 3.